The number of aliphatic hydroxyl groups excluding tert-OH is 1. The van der Waals surface area contributed by atoms with Gasteiger partial charge in [0.15, 0.2) is 11.6 Å². The van der Waals surface area contributed by atoms with Crippen molar-refractivity contribution in [2.75, 3.05) is 7.11 Å². The number of ether oxygens (including phenoxy) is 1. The van der Waals surface area contributed by atoms with Gasteiger partial charge in [-0.25, -0.2) is 13.2 Å². The van der Waals surface area contributed by atoms with Crippen molar-refractivity contribution in [1.82, 2.24) is 0 Å². The molecule has 0 bridgehead atoms. The fourth-order valence-corrected chi connectivity index (χ4v) is 1.90. The minimum Gasteiger partial charge on any atom is -0.494 e. The van der Waals surface area contributed by atoms with Crippen molar-refractivity contribution in [3.8, 4) is 5.75 Å². The van der Waals surface area contributed by atoms with Gasteiger partial charge in [-0.1, -0.05) is 12.1 Å². The average molecular weight is 282 g/mol. The van der Waals surface area contributed by atoms with Gasteiger partial charge in [-0.05, 0) is 29.3 Å². The molecule has 1 unspecified atom stereocenters. The molecule has 0 aromatic heterocycles. The zero-order chi connectivity index (χ0) is 14.7. The minimum absolute atomic E-state index is 0.0638. The van der Waals surface area contributed by atoms with Crippen LogP contribution >= 0.6 is 0 Å². The van der Waals surface area contributed by atoms with Crippen molar-refractivity contribution in [3.63, 3.8) is 0 Å². The molecule has 2 rings (SSSR count). The Morgan fingerprint density at radius 3 is 2.40 bits per heavy atom. The zero-order valence-electron chi connectivity index (χ0n) is 10.7. The highest BCUT2D eigenvalue weighted by atomic mass is 19.1. The van der Waals surface area contributed by atoms with Gasteiger partial charge < -0.3 is 9.84 Å². The Kier molecular flexibility index (Phi) is 4.29. The van der Waals surface area contributed by atoms with Crippen LogP contribution in [0.3, 0.4) is 0 Å². The average Bonchev–Trinajstić information content (AvgIpc) is 2.41. The predicted molar refractivity (Wildman–Crippen MR) is 68.0 cm³/mol. The summed E-state index contributed by atoms with van der Waals surface area (Å²) in [7, 11) is 1.34. The topological polar surface area (TPSA) is 29.5 Å². The summed E-state index contributed by atoms with van der Waals surface area (Å²) in [5, 5.41) is 9.99. The summed E-state index contributed by atoms with van der Waals surface area (Å²) >= 11 is 0. The summed E-state index contributed by atoms with van der Waals surface area (Å²) in [6, 6.07) is 7.12. The van der Waals surface area contributed by atoms with E-state index in [-0.39, 0.29) is 17.7 Å². The number of hydrogen-bond acceptors (Lipinski definition) is 2. The van der Waals surface area contributed by atoms with E-state index in [1.807, 2.05) is 0 Å². The molecule has 0 aliphatic carbocycles. The molecule has 0 saturated heterocycles. The van der Waals surface area contributed by atoms with Crippen LogP contribution in [-0.2, 0) is 6.42 Å². The van der Waals surface area contributed by atoms with Crippen molar-refractivity contribution >= 4 is 0 Å². The number of aliphatic hydroxyl groups is 1. The van der Waals surface area contributed by atoms with Crippen molar-refractivity contribution in [2.24, 2.45) is 0 Å². The van der Waals surface area contributed by atoms with Gasteiger partial charge in [-0.3, -0.25) is 0 Å². The first-order valence-corrected chi connectivity index (χ1v) is 5.96. The van der Waals surface area contributed by atoms with Crippen LogP contribution in [0.1, 0.15) is 17.2 Å². The standard InChI is InChI=1S/C15H13F3O2/c1-20-15-5-3-10(6-13(15)18)14(19)7-9-2-4-11(16)8-12(9)17/h2-6,8,14,19H,7H2,1H3. The van der Waals surface area contributed by atoms with Crippen LogP contribution in [0.4, 0.5) is 13.2 Å². The number of rotatable bonds is 4. The number of benzene rings is 2. The Morgan fingerprint density at radius 1 is 1.05 bits per heavy atom. The van der Waals surface area contributed by atoms with E-state index in [0.717, 1.165) is 18.2 Å². The fraction of sp³-hybridized carbons (Fsp3) is 0.200. The Morgan fingerprint density at radius 2 is 1.80 bits per heavy atom. The maximum atomic E-state index is 13.5. The Labute approximate surface area is 114 Å². The molecule has 0 saturated carbocycles. The lowest BCUT2D eigenvalue weighted by molar-refractivity contribution is 0.176. The lowest BCUT2D eigenvalue weighted by Crippen LogP contribution is -2.04. The van der Waals surface area contributed by atoms with Gasteiger partial charge in [0.2, 0.25) is 0 Å². The number of methoxy groups -OCH3 is 1. The summed E-state index contributed by atoms with van der Waals surface area (Å²) in [5.41, 5.74) is 0.460. The Balaban J connectivity index is 2.19. The minimum atomic E-state index is -1.09. The molecule has 20 heavy (non-hydrogen) atoms. The van der Waals surface area contributed by atoms with E-state index in [2.05, 4.69) is 0 Å². The van der Waals surface area contributed by atoms with E-state index in [1.54, 1.807) is 0 Å². The van der Waals surface area contributed by atoms with Gasteiger partial charge >= 0.3 is 0 Å². The van der Waals surface area contributed by atoms with E-state index in [4.69, 9.17) is 4.74 Å². The molecular weight excluding hydrogens is 269 g/mol. The Hall–Kier alpha value is -2.01. The maximum Gasteiger partial charge on any atom is 0.165 e. The molecular formula is C15H13F3O2. The van der Waals surface area contributed by atoms with Gasteiger partial charge in [0, 0.05) is 12.5 Å². The highest BCUT2D eigenvalue weighted by Gasteiger charge is 2.14. The molecule has 0 fully saturated rings. The third-order valence-electron chi connectivity index (χ3n) is 2.99. The third-order valence-corrected chi connectivity index (χ3v) is 2.99. The van der Waals surface area contributed by atoms with Crippen LogP contribution in [0, 0.1) is 17.5 Å². The lowest BCUT2D eigenvalue weighted by Gasteiger charge is -2.13. The molecule has 0 radical (unpaired) electrons. The van der Waals surface area contributed by atoms with Gasteiger partial charge in [0.25, 0.3) is 0 Å². The van der Waals surface area contributed by atoms with Gasteiger partial charge in [0.1, 0.15) is 11.6 Å². The smallest absolute Gasteiger partial charge is 0.165 e. The molecule has 2 aromatic carbocycles. The van der Waals surface area contributed by atoms with E-state index in [0.29, 0.717) is 5.56 Å². The van der Waals surface area contributed by atoms with Crippen LogP contribution in [0.25, 0.3) is 0 Å². The molecule has 0 heterocycles. The monoisotopic (exact) mass is 282 g/mol. The van der Waals surface area contributed by atoms with Crippen LogP contribution in [-0.4, -0.2) is 12.2 Å². The van der Waals surface area contributed by atoms with Crippen LogP contribution < -0.4 is 4.74 Å². The van der Waals surface area contributed by atoms with Crippen molar-refractivity contribution in [3.05, 3.63) is 65.0 Å². The molecule has 0 amide bonds. The van der Waals surface area contributed by atoms with Crippen LogP contribution in [0.2, 0.25) is 0 Å². The van der Waals surface area contributed by atoms with Crippen molar-refractivity contribution in [2.45, 2.75) is 12.5 Å². The lowest BCUT2D eigenvalue weighted by atomic mass is 10.0. The van der Waals surface area contributed by atoms with E-state index >= 15 is 0 Å². The predicted octanol–water partition coefficient (Wildman–Crippen LogP) is 3.39. The molecule has 5 heteroatoms. The van der Waals surface area contributed by atoms with Crippen LogP contribution in [0.5, 0.6) is 5.75 Å². The molecule has 1 atom stereocenters. The normalized spacial score (nSPS) is 12.2. The molecule has 2 aromatic rings. The summed E-state index contributed by atoms with van der Waals surface area (Å²) < 4.78 is 44.6. The zero-order valence-corrected chi connectivity index (χ0v) is 10.7. The SMILES string of the molecule is COc1ccc(C(O)Cc2ccc(F)cc2F)cc1F. The number of hydrogen-bond donors (Lipinski definition) is 1. The first-order chi connectivity index (χ1) is 9.51. The molecule has 0 aliphatic rings. The second-order valence-electron chi connectivity index (χ2n) is 4.35. The van der Waals surface area contributed by atoms with Gasteiger partial charge in [-0.2, -0.15) is 0 Å². The van der Waals surface area contributed by atoms with E-state index in [9.17, 15) is 18.3 Å². The quantitative estimate of drug-likeness (QED) is 0.931. The number of halogens is 3. The summed E-state index contributed by atoms with van der Waals surface area (Å²) in [6.45, 7) is 0. The fourth-order valence-electron chi connectivity index (χ4n) is 1.90. The largest absolute Gasteiger partial charge is 0.494 e. The second-order valence-corrected chi connectivity index (χ2v) is 4.35. The summed E-state index contributed by atoms with van der Waals surface area (Å²) in [5.74, 6) is -1.97. The second kappa shape index (κ2) is 5.96. The van der Waals surface area contributed by atoms with Crippen molar-refractivity contribution < 1.29 is 23.0 Å². The molecule has 2 nitrogen and oxygen atoms in total. The highest BCUT2D eigenvalue weighted by molar-refractivity contribution is 5.31. The summed E-state index contributed by atoms with van der Waals surface area (Å²) in [6.07, 6.45) is -1.16. The first kappa shape index (κ1) is 14.4. The van der Waals surface area contributed by atoms with Gasteiger partial charge in [0.05, 0.1) is 13.2 Å². The molecule has 106 valence electrons. The third kappa shape index (κ3) is 3.11. The maximum absolute atomic E-state index is 13.5. The van der Waals surface area contributed by atoms with Crippen molar-refractivity contribution in [1.29, 1.82) is 0 Å². The molecule has 0 spiro atoms. The molecule has 0 aliphatic heterocycles. The van der Waals surface area contributed by atoms with Gasteiger partial charge in [-0.15, -0.1) is 0 Å². The van der Waals surface area contributed by atoms with Crippen LogP contribution in [0.15, 0.2) is 36.4 Å². The van der Waals surface area contributed by atoms with E-state index in [1.165, 1.54) is 25.3 Å². The summed E-state index contributed by atoms with van der Waals surface area (Å²) in [4.78, 5) is 0. The molecule has 1 N–H and O–H groups in total. The Bertz CT molecular complexity index is 614. The van der Waals surface area contributed by atoms with E-state index < -0.39 is 23.6 Å². The highest BCUT2D eigenvalue weighted by Crippen LogP contribution is 2.25. The first-order valence-electron chi connectivity index (χ1n) is 5.96.